The molecule has 0 unspecified atom stereocenters. The van der Waals surface area contributed by atoms with Crippen LogP contribution in [0.2, 0.25) is 0 Å². The summed E-state index contributed by atoms with van der Waals surface area (Å²) in [5, 5.41) is 10.6. The number of hydrogen-bond acceptors (Lipinski definition) is 5. The summed E-state index contributed by atoms with van der Waals surface area (Å²) in [6.07, 6.45) is 4.19. The first-order valence-electron chi connectivity index (χ1n) is 4.14. The summed E-state index contributed by atoms with van der Waals surface area (Å²) in [7, 11) is 0. The van der Waals surface area contributed by atoms with Crippen molar-refractivity contribution in [3.63, 3.8) is 0 Å². The minimum atomic E-state index is 0.372. The average molecular weight is 175 g/mol. The van der Waals surface area contributed by atoms with E-state index in [9.17, 15) is 0 Å². The Morgan fingerprint density at radius 2 is 2.31 bits per heavy atom. The van der Waals surface area contributed by atoms with Crippen molar-refractivity contribution in [1.29, 1.82) is 5.26 Å². The average Bonchev–Trinajstić information content (AvgIpc) is 2.70. The van der Waals surface area contributed by atoms with Gasteiger partial charge in [-0.25, -0.2) is 15.4 Å². The van der Waals surface area contributed by atoms with Crippen molar-refractivity contribution in [3.8, 4) is 6.07 Å². The van der Waals surface area contributed by atoms with Crippen LogP contribution in [-0.4, -0.2) is 23.1 Å². The van der Waals surface area contributed by atoms with Gasteiger partial charge in [-0.2, -0.15) is 5.26 Å². The Morgan fingerprint density at radius 1 is 1.46 bits per heavy atom. The van der Waals surface area contributed by atoms with E-state index in [0.29, 0.717) is 11.5 Å². The lowest BCUT2D eigenvalue weighted by Gasteiger charge is -2.16. The van der Waals surface area contributed by atoms with Gasteiger partial charge in [-0.05, 0) is 6.42 Å². The molecule has 1 aliphatic heterocycles. The molecule has 1 aromatic heterocycles. The highest BCUT2D eigenvalue weighted by atomic mass is 15.5. The van der Waals surface area contributed by atoms with E-state index in [-0.39, 0.29) is 0 Å². The zero-order valence-electron chi connectivity index (χ0n) is 7.06. The van der Waals surface area contributed by atoms with E-state index in [4.69, 9.17) is 5.26 Å². The standard InChI is InChI=1S/C8H9N5/c9-6-7-8(11-4-3-10-7)13-5-1-2-12-13/h3-4,12H,1-2,5H2. The van der Waals surface area contributed by atoms with Crippen molar-refractivity contribution in [2.75, 3.05) is 18.1 Å². The molecule has 0 amide bonds. The Balaban J connectivity index is 2.33. The van der Waals surface area contributed by atoms with Gasteiger partial charge < -0.3 is 0 Å². The minimum Gasteiger partial charge on any atom is -0.290 e. The topological polar surface area (TPSA) is 64.8 Å². The fourth-order valence-electron chi connectivity index (χ4n) is 1.32. The number of nitrogens with zero attached hydrogens (tertiary/aromatic N) is 4. The lowest BCUT2D eigenvalue weighted by atomic mass is 10.4. The van der Waals surface area contributed by atoms with E-state index in [1.165, 1.54) is 6.20 Å². The van der Waals surface area contributed by atoms with Gasteiger partial charge in [0.05, 0.1) is 0 Å². The van der Waals surface area contributed by atoms with Crippen molar-refractivity contribution in [3.05, 3.63) is 18.1 Å². The predicted octanol–water partition coefficient (Wildman–Crippen LogP) is 0.0630. The Hall–Kier alpha value is -1.67. The number of rotatable bonds is 1. The van der Waals surface area contributed by atoms with E-state index in [1.807, 2.05) is 11.1 Å². The van der Waals surface area contributed by atoms with Crippen LogP contribution in [0.3, 0.4) is 0 Å². The second kappa shape index (κ2) is 3.37. The molecule has 1 aromatic rings. The zero-order valence-corrected chi connectivity index (χ0v) is 7.06. The van der Waals surface area contributed by atoms with Crippen molar-refractivity contribution in [2.45, 2.75) is 6.42 Å². The maximum atomic E-state index is 8.77. The molecule has 1 aliphatic rings. The molecule has 0 aromatic carbocycles. The highest BCUT2D eigenvalue weighted by Gasteiger charge is 2.16. The normalized spacial score (nSPS) is 15.8. The Labute approximate surface area is 76.0 Å². The van der Waals surface area contributed by atoms with Gasteiger partial charge in [-0.3, -0.25) is 5.01 Å². The largest absolute Gasteiger partial charge is 0.290 e. The summed E-state index contributed by atoms with van der Waals surface area (Å²) in [6, 6.07) is 2.02. The SMILES string of the molecule is N#Cc1nccnc1N1CCCN1. The highest BCUT2D eigenvalue weighted by Crippen LogP contribution is 2.14. The Kier molecular flexibility index (Phi) is 2.06. The molecular weight excluding hydrogens is 166 g/mol. The Morgan fingerprint density at radius 3 is 3.00 bits per heavy atom. The molecule has 1 saturated heterocycles. The van der Waals surface area contributed by atoms with Crippen LogP contribution in [0.25, 0.3) is 0 Å². The molecule has 2 rings (SSSR count). The Bertz CT molecular complexity index is 337. The number of anilines is 1. The first-order valence-corrected chi connectivity index (χ1v) is 4.14. The van der Waals surface area contributed by atoms with Crippen LogP contribution in [0.15, 0.2) is 12.4 Å². The van der Waals surface area contributed by atoms with Gasteiger partial charge in [0.25, 0.3) is 0 Å². The van der Waals surface area contributed by atoms with Crippen LogP contribution in [-0.2, 0) is 0 Å². The number of nitrogens with one attached hydrogen (secondary N) is 1. The van der Waals surface area contributed by atoms with Crippen molar-refractivity contribution < 1.29 is 0 Å². The van der Waals surface area contributed by atoms with Crippen LogP contribution in [0.1, 0.15) is 12.1 Å². The number of hydrogen-bond donors (Lipinski definition) is 1. The molecule has 0 radical (unpaired) electrons. The van der Waals surface area contributed by atoms with E-state index in [0.717, 1.165) is 19.5 Å². The molecule has 1 N–H and O–H groups in total. The number of hydrazine groups is 1. The van der Waals surface area contributed by atoms with Gasteiger partial charge in [-0.15, -0.1) is 0 Å². The predicted molar refractivity (Wildman–Crippen MR) is 46.7 cm³/mol. The molecule has 0 atom stereocenters. The maximum Gasteiger partial charge on any atom is 0.184 e. The summed E-state index contributed by atoms with van der Waals surface area (Å²) in [5.74, 6) is 0.627. The van der Waals surface area contributed by atoms with Crippen molar-refractivity contribution in [2.24, 2.45) is 0 Å². The molecule has 5 heteroatoms. The van der Waals surface area contributed by atoms with E-state index in [1.54, 1.807) is 6.20 Å². The lowest BCUT2D eigenvalue weighted by Crippen LogP contribution is -2.32. The third-order valence-electron chi connectivity index (χ3n) is 1.90. The van der Waals surface area contributed by atoms with Crippen LogP contribution in [0.4, 0.5) is 5.82 Å². The zero-order chi connectivity index (χ0) is 9.10. The van der Waals surface area contributed by atoms with Crippen LogP contribution in [0.5, 0.6) is 0 Å². The molecule has 66 valence electrons. The van der Waals surface area contributed by atoms with Gasteiger partial charge in [0, 0.05) is 25.5 Å². The van der Waals surface area contributed by atoms with Gasteiger partial charge >= 0.3 is 0 Å². The smallest absolute Gasteiger partial charge is 0.184 e. The summed E-state index contributed by atoms with van der Waals surface area (Å²) >= 11 is 0. The second-order valence-corrected chi connectivity index (χ2v) is 2.75. The van der Waals surface area contributed by atoms with Gasteiger partial charge in [0.15, 0.2) is 11.5 Å². The molecule has 2 heterocycles. The van der Waals surface area contributed by atoms with Gasteiger partial charge in [-0.1, -0.05) is 0 Å². The third kappa shape index (κ3) is 1.44. The number of aromatic nitrogens is 2. The quantitative estimate of drug-likeness (QED) is 0.654. The fraction of sp³-hybridized carbons (Fsp3) is 0.375. The maximum absolute atomic E-state index is 8.77. The van der Waals surface area contributed by atoms with E-state index >= 15 is 0 Å². The summed E-state index contributed by atoms with van der Waals surface area (Å²) < 4.78 is 0. The molecular formula is C8H9N5. The van der Waals surface area contributed by atoms with Crippen LogP contribution >= 0.6 is 0 Å². The molecule has 13 heavy (non-hydrogen) atoms. The molecule has 0 bridgehead atoms. The van der Waals surface area contributed by atoms with Crippen molar-refractivity contribution >= 4 is 5.82 Å². The molecule has 5 nitrogen and oxygen atoms in total. The highest BCUT2D eigenvalue weighted by molar-refractivity contribution is 5.48. The lowest BCUT2D eigenvalue weighted by molar-refractivity contribution is 0.768. The van der Waals surface area contributed by atoms with Crippen LogP contribution < -0.4 is 10.4 Å². The van der Waals surface area contributed by atoms with E-state index < -0.39 is 0 Å². The van der Waals surface area contributed by atoms with E-state index in [2.05, 4.69) is 15.4 Å². The molecule has 1 fully saturated rings. The summed E-state index contributed by atoms with van der Waals surface area (Å²) in [5.41, 5.74) is 3.50. The molecule has 0 spiro atoms. The molecule has 0 aliphatic carbocycles. The first-order chi connectivity index (χ1) is 6.42. The number of nitriles is 1. The van der Waals surface area contributed by atoms with Gasteiger partial charge in [0.1, 0.15) is 6.07 Å². The second-order valence-electron chi connectivity index (χ2n) is 2.75. The van der Waals surface area contributed by atoms with Gasteiger partial charge in [0.2, 0.25) is 0 Å². The molecule has 0 saturated carbocycles. The van der Waals surface area contributed by atoms with Crippen molar-refractivity contribution in [1.82, 2.24) is 15.4 Å². The van der Waals surface area contributed by atoms with Crippen LogP contribution in [0, 0.1) is 11.3 Å². The monoisotopic (exact) mass is 175 g/mol. The minimum absolute atomic E-state index is 0.372. The fourth-order valence-corrected chi connectivity index (χ4v) is 1.32. The summed E-state index contributed by atoms with van der Waals surface area (Å²) in [4.78, 5) is 8.05. The first kappa shape index (κ1) is 7.95. The third-order valence-corrected chi connectivity index (χ3v) is 1.90. The summed E-state index contributed by atoms with van der Waals surface area (Å²) in [6.45, 7) is 1.81.